The first-order chi connectivity index (χ1) is 8.23. The van der Waals surface area contributed by atoms with Crippen molar-refractivity contribution >= 4 is 17.0 Å². The highest BCUT2D eigenvalue weighted by Gasteiger charge is 2.49. The van der Waals surface area contributed by atoms with Gasteiger partial charge in [0.15, 0.2) is 0 Å². The van der Waals surface area contributed by atoms with Crippen LogP contribution in [0, 0.1) is 5.92 Å². The summed E-state index contributed by atoms with van der Waals surface area (Å²) in [5.41, 5.74) is -0.565. The molecule has 0 radical (unpaired) electrons. The second kappa shape index (κ2) is 5.67. The molecule has 1 saturated heterocycles. The van der Waals surface area contributed by atoms with E-state index in [0.717, 1.165) is 0 Å². The molecule has 1 N–H and O–H groups in total. The van der Waals surface area contributed by atoms with Crippen LogP contribution in [0.4, 0.5) is 0 Å². The van der Waals surface area contributed by atoms with E-state index in [9.17, 15) is 9.00 Å². The lowest BCUT2D eigenvalue weighted by Gasteiger charge is -2.45. The van der Waals surface area contributed by atoms with Gasteiger partial charge in [-0.3, -0.25) is 4.79 Å². The molecule has 2 unspecified atom stereocenters. The molecule has 106 valence electrons. The van der Waals surface area contributed by atoms with Gasteiger partial charge in [-0.05, 0) is 34.6 Å². The molecule has 1 aliphatic rings. The molecular weight excluding hydrogens is 254 g/mol. The van der Waals surface area contributed by atoms with E-state index >= 15 is 0 Å². The number of ether oxygens (including phenoxy) is 2. The maximum atomic E-state index is 12.2. The Morgan fingerprint density at radius 1 is 1.50 bits per heavy atom. The number of hydrogen-bond acceptors (Lipinski definition) is 4. The molecule has 0 spiro atoms. The van der Waals surface area contributed by atoms with Crippen LogP contribution in [-0.2, 0) is 25.3 Å². The molecule has 0 saturated carbocycles. The van der Waals surface area contributed by atoms with Crippen molar-refractivity contribution in [1.82, 2.24) is 4.72 Å². The molecule has 18 heavy (non-hydrogen) atoms. The van der Waals surface area contributed by atoms with Crippen LogP contribution >= 0.6 is 0 Å². The third-order valence-corrected chi connectivity index (χ3v) is 4.74. The van der Waals surface area contributed by atoms with E-state index in [1.54, 1.807) is 13.8 Å². The lowest BCUT2D eigenvalue weighted by Crippen LogP contribution is -2.67. The van der Waals surface area contributed by atoms with Gasteiger partial charge in [-0.1, -0.05) is 0 Å². The normalized spacial score (nSPS) is 21.8. The van der Waals surface area contributed by atoms with E-state index in [-0.39, 0.29) is 16.6 Å². The quantitative estimate of drug-likeness (QED) is 0.762. The fraction of sp³-hybridized carbons (Fsp3) is 0.917. The maximum absolute atomic E-state index is 12.2. The average Bonchev–Trinajstić information content (AvgIpc) is 2.21. The standard InChI is InChI=1S/C12H23NO4S/c1-6-17-10(14)9(2)12(7-16-8-12)13-18(15)11(3,4)5/h9,13H,6-8H2,1-5H3. The first kappa shape index (κ1) is 15.6. The first-order valence-electron chi connectivity index (χ1n) is 6.17. The Labute approximate surface area is 111 Å². The highest BCUT2D eigenvalue weighted by Crippen LogP contribution is 2.29. The van der Waals surface area contributed by atoms with Crippen molar-refractivity contribution in [1.29, 1.82) is 0 Å². The summed E-state index contributed by atoms with van der Waals surface area (Å²) in [4.78, 5) is 11.8. The molecule has 0 aromatic heterocycles. The molecule has 6 heteroatoms. The lowest BCUT2D eigenvalue weighted by molar-refractivity contribution is -0.161. The molecule has 1 rings (SSSR count). The van der Waals surface area contributed by atoms with Crippen molar-refractivity contribution in [3.63, 3.8) is 0 Å². The van der Waals surface area contributed by atoms with Crippen molar-refractivity contribution in [2.75, 3.05) is 19.8 Å². The van der Waals surface area contributed by atoms with Crippen LogP contribution in [0.5, 0.6) is 0 Å². The summed E-state index contributed by atoms with van der Waals surface area (Å²) in [6, 6.07) is 0. The van der Waals surface area contributed by atoms with Gasteiger partial charge < -0.3 is 9.47 Å². The summed E-state index contributed by atoms with van der Waals surface area (Å²) in [6.45, 7) is 10.3. The highest BCUT2D eigenvalue weighted by molar-refractivity contribution is 7.84. The van der Waals surface area contributed by atoms with Crippen LogP contribution in [0.15, 0.2) is 0 Å². The Morgan fingerprint density at radius 3 is 2.39 bits per heavy atom. The van der Waals surface area contributed by atoms with E-state index in [0.29, 0.717) is 19.8 Å². The van der Waals surface area contributed by atoms with Crippen molar-refractivity contribution in [3.05, 3.63) is 0 Å². The van der Waals surface area contributed by atoms with Crippen molar-refractivity contribution in [2.45, 2.75) is 44.9 Å². The predicted molar refractivity (Wildman–Crippen MR) is 70.4 cm³/mol. The topological polar surface area (TPSA) is 64.6 Å². The molecule has 1 heterocycles. The van der Waals surface area contributed by atoms with Crippen LogP contribution in [0.1, 0.15) is 34.6 Å². The van der Waals surface area contributed by atoms with E-state index in [1.165, 1.54) is 0 Å². The predicted octanol–water partition coefficient (Wildman–Crippen LogP) is 1.01. The summed E-state index contributed by atoms with van der Waals surface area (Å²) in [5.74, 6) is -0.656. The van der Waals surface area contributed by atoms with Gasteiger partial charge in [0.1, 0.15) is 0 Å². The highest BCUT2D eigenvalue weighted by atomic mass is 32.2. The Morgan fingerprint density at radius 2 is 2.06 bits per heavy atom. The largest absolute Gasteiger partial charge is 0.466 e. The van der Waals surface area contributed by atoms with Gasteiger partial charge in [-0.2, -0.15) is 0 Å². The summed E-state index contributed by atoms with van der Waals surface area (Å²) >= 11 is 0. The number of carbonyl (C=O) groups is 1. The van der Waals surface area contributed by atoms with Gasteiger partial charge in [0.25, 0.3) is 0 Å². The minimum absolute atomic E-state index is 0.279. The van der Waals surface area contributed by atoms with Gasteiger partial charge in [0.2, 0.25) is 0 Å². The molecule has 5 nitrogen and oxygen atoms in total. The molecule has 0 amide bonds. The zero-order chi connectivity index (χ0) is 14.0. The summed E-state index contributed by atoms with van der Waals surface area (Å²) < 4.78 is 25.0. The summed E-state index contributed by atoms with van der Waals surface area (Å²) in [5, 5.41) is 0. The van der Waals surface area contributed by atoms with E-state index in [4.69, 9.17) is 9.47 Å². The van der Waals surface area contributed by atoms with Gasteiger partial charge >= 0.3 is 5.97 Å². The van der Waals surface area contributed by atoms with Crippen LogP contribution in [-0.4, -0.2) is 40.3 Å². The number of carbonyl (C=O) groups excluding carboxylic acids is 1. The van der Waals surface area contributed by atoms with Crippen LogP contribution in [0.2, 0.25) is 0 Å². The minimum atomic E-state index is -1.23. The second-order valence-electron chi connectivity index (χ2n) is 5.61. The second-order valence-corrected chi connectivity index (χ2v) is 7.57. The molecular formula is C12H23NO4S. The number of nitrogens with one attached hydrogen (secondary N) is 1. The SMILES string of the molecule is CCOC(=O)C(C)C1(NS(=O)C(C)(C)C)COC1. The molecule has 2 atom stereocenters. The molecule has 0 aromatic rings. The Bertz CT molecular complexity index is 333. The summed E-state index contributed by atoms with van der Waals surface area (Å²) in [7, 11) is -1.23. The monoisotopic (exact) mass is 277 g/mol. The number of hydrogen-bond donors (Lipinski definition) is 1. The van der Waals surface area contributed by atoms with E-state index < -0.39 is 16.5 Å². The average molecular weight is 277 g/mol. The Kier molecular flexibility index (Phi) is 4.91. The molecule has 0 aromatic carbocycles. The summed E-state index contributed by atoms with van der Waals surface area (Å²) in [6.07, 6.45) is 0. The van der Waals surface area contributed by atoms with Gasteiger partial charge in [-0.25, -0.2) is 8.93 Å². The zero-order valence-electron chi connectivity index (χ0n) is 11.7. The number of rotatable bonds is 5. The maximum Gasteiger partial charge on any atom is 0.310 e. The molecule has 0 aliphatic carbocycles. The fourth-order valence-electron chi connectivity index (χ4n) is 1.55. The van der Waals surface area contributed by atoms with Gasteiger partial charge in [0, 0.05) is 0 Å². The fourth-order valence-corrected chi connectivity index (χ4v) is 2.52. The zero-order valence-corrected chi connectivity index (χ0v) is 12.6. The van der Waals surface area contributed by atoms with Crippen LogP contribution in [0.3, 0.4) is 0 Å². The molecule has 0 bridgehead atoms. The van der Waals surface area contributed by atoms with Crippen LogP contribution < -0.4 is 4.72 Å². The lowest BCUT2D eigenvalue weighted by atomic mass is 9.84. The number of esters is 1. The Balaban J connectivity index is 2.74. The minimum Gasteiger partial charge on any atom is -0.466 e. The van der Waals surface area contributed by atoms with Crippen molar-refractivity contribution < 1.29 is 18.5 Å². The smallest absolute Gasteiger partial charge is 0.310 e. The molecule has 1 fully saturated rings. The van der Waals surface area contributed by atoms with E-state index in [1.807, 2.05) is 20.8 Å². The van der Waals surface area contributed by atoms with Crippen molar-refractivity contribution in [2.24, 2.45) is 5.92 Å². The third-order valence-electron chi connectivity index (χ3n) is 3.04. The van der Waals surface area contributed by atoms with Gasteiger partial charge in [0.05, 0.1) is 47.0 Å². The van der Waals surface area contributed by atoms with E-state index in [2.05, 4.69) is 4.72 Å². The van der Waals surface area contributed by atoms with Gasteiger partial charge in [-0.15, -0.1) is 0 Å². The molecule has 1 aliphatic heterocycles. The third kappa shape index (κ3) is 3.30. The Hall–Kier alpha value is -0.460. The van der Waals surface area contributed by atoms with Crippen LogP contribution in [0.25, 0.3) is 0 Å². The van der Waals surface area contributed by atoms with Crippen molar-refractivity contribution in [3.8, 4) is 0 Å². The first-order valence-corrected chi connectivity index (χ1v) is 7.32.